The number of aliphatic imine (C=N–C) groups is 1. The highest BCUT2D eigenvalue weighted by molar-refractivity contribution is 5.79. The van der Waals surface area contributed by atoms with E-state index in [0.717, 1.165) is 50.1 Å². The fourth-order valence-corrected chi connectivity index (χ4v) is 3.91. The maximum atomic E-state index is 4.75. The van der Waals surface area contributed by atoms with Crippen molar-refractivity contribution in [1.82, 2.24) is 20.5 Å². The van der Waals surface area contributed by atoms with Gasteiger partial charge in [0, 0.05) is 38.4 Å². The number of aromatic nitrogens is 1. The van der Waals surface area contributed by atoms with Crippen LogP contribution in [-0.4, -0.2) is 61.2 Å². The second-order valence-electron chi connectivity index (χ2n) is 7.22. The molecule has 26 heavy (non-hydrogen) atoms. The molecule has 2 N–H and O–H groups in total. The molecule has 0 radical (unpaired) electrons. The summed E-state index contributed by atoms with van der Waals surface area (Å²) >= 11 is 0. The van der Waals surface area contributed by atoms with E-state index in [-0.39, 0.29) is 0 Å². The third kappa shape index (κ3) is 5.10. The molecule has 0 amide bonds. The first-order chi connectivity index (χ1) is 12.8. The van der Waals surface area contributed by atoms with Crippen LogP contribution in [0.4, 0.5) is 5.82 Å². The molecule has 2 fully saturated rings. The summed E-state index contributed by atoms with van der Waals surface area (Å²) in [4.78, 5) is 14.3. The average molecular weight is 359 g/mol. The van der Waals surface area contributed by atoms with Gasteiger partial charge < -0.3 is 15.5 Å². The first-order valence-electron chi connectivity index (χ1n) is 10.3. The van der Waals surface area contributed by atoms with Gasteiger partial charge in [-0.3, -0.25) is 4.90 Å². The van der Waals surface area contributed by atoms with Crippen molar-refractivity contribution >= 4 is 11.8 Å². The summed E-state index contributed by atoms with van der Waals surface area (Å²) < 4.78 is 0. The van der Waals surface area contributed by atoms with Gasteiger partial charge in [0.2, 0.25) is 0 Å². The lowest BCUT2D eigenvalue weighted by Crippen LogP contribution is -2.44. The molecule has 0 bridgehead atoms. The van der Waals surface area contributed by atoms with Gasteiger partial charge in [0.15, 0.2) is 5.96 Å². The zero-order chi connectivity index (χ0) is 18.2. The number of hydrogen-bond acceptors (Lipinski definition) is 4. The van der Waals surface area contributed by atoms with E-state index in [9.17, 15) is 0 Å². The Morgan fingerprint density at radius 3 is 2.69 bits per heavy atom. The van der Waals surface area contributed by atoms with E-state index in [1.807, 2.05) is 6.20 Å². The van der Waals surface area contributed by atoms with Gasteiger partial charge in [-0.2, -0.15) is 0 Å². The van der Waals surface area contributed by atoms with Crippen molar-refractivity contribution in [2.24, 2.45) is 4.99 Å². The van der Waals surface area contributed by atoms with Gasteiger partial charge in [0.25, 0.3) is 0 Å². The molecule has 2 saturated heterocycles. The van der Waals surface area contributed by atoms with E-state index in [0.29, 0.717) is 12.6 Å². The summed E-state index contributed by atoms with van der Waals surface area (Å²) in [6.45, 7) is 11.5. The van der Waals surface area contributed by atoms with Crippen molar-refractivity contribution < 1.29 is 0 Å². The molecule has 0 saturated carbocycles. The Labute approximate surface area is 158 Å². The number of nitrogens with zero attached hydrogens (tertiary/aromatic N) is 4. The Morgan fingerprint density at radius 2 is 2.00 bits per heavy atom. The molecular formula is C20H34N6. The third-order valence-electron chi connectivity index (χ3n) is 5.41. The Balaban J connectivity index is 1.53. The average Bonchev–Trinajstić information content (AvgIpc) is 3.36. The molecule has 6 heteroatoms. The highest BCUT2D eigenvalue weighted by Gasteiger charge is 2.22. The fourth-order valence-electron chi connectivity index (χ4n) is 3.91. The molecule has 1 unspecified atom stereocenters. The molecule has 3 rings (SSSR count). The van der Waals surface area contributed by atoms with E-state index in [1.54, 1.807) is 0 Å². The Hall–Kier alpha value is -1.82. The highest BCUT2D eigenvalue weighted by Crippen LogP contribution is 2.18. The van der Waals surface area contributed by atoms with Crippen molar-refractivity contribution in [2.75, 3.05) is 44.2 Å². The van der Waals surface area contributed by atoms with E-state index < -0.39 is 0 Å². The van der Waals surface area contributed by atoms with Crippen LogP contribution in [0, 0.1) is 0 Å². The van der Waals surface area contributed by atoms with Gasteiger partial charge in [-0.15, -0.1) is 0 Å². The lowest BCUT2D eigenvalue weighted by Gasteiger charge is -2.24. The highest BCUT2D eigenvalue weighted by atomic mass is 15.2. The van der Waals surface area contributed by atoms with Gasteiger partial charge in [-0.1, -0.05) is 13.0 Å². The maximum Gasteiger partial charge on any atom is 0.191 e. The standard InChI is InChI=1S/C20H34N6/c1-3-21-20(24-16-18-8-7-13-25(18)4-2)23-15-17-9-10-19(22-14-17)26-11-5-6-12-26/h9-10,14,18H,3-8,11-13,15-16H2,1-2H3,(H2,21,23,24). The van der Waals surface area contributed by atoms with E-state index in [1.165, 1.54) is 32.2 Å². The molecule has 1 atom stereocenters. The minimum Gasteiger partial charge on any atom is -0.357 e. The van der Waals surface area contributed by atoms with E-state index in [4.69, 9.17) is 4.99 Å². The first kappa shape index (κ1) is 19.0. The second-order valence-corrected chi connectivity index (χ2v) is 7.22. The summed E-state index contributed by atoms with van der Waals surface area (Å²) in [6, 6.07) is 4.92. The van der Waals surface area contributed by atoms with E-state index >= 15 is 0 Å². The molecule has 1 aromatic rings. The van der Waals surface area contributed by atoms with Crippen molar-refractivity contribution in [3.63, 3.8) is 0 Å². The third-order valence-corrected chi connectivity index (χ3v) is 5.41. The molecule has 1 aromatic heterocycles. The Bertz CT molecular complexity index is 564. The molecule has 6 nitrogen and oxygen atoms in total. The minimum absolute atomic E-state index is 0.630. The Kier molecular flexibility index (Phi) is 7.12. The largest absolute Gasteiger partial charge is 0.357 e. The predicted octanol–water partition coefficient (Wildman–Crippen LogP) is 2.22. The van der Waals surface area contributed by atoms with Crippen LogP contribution in [0.5, 0.6) is 0 Å². The van der Waals surface area contributed by atoms with Crippen molar-refractivity contribution in [3.8, 4) is 0 Å². The molecule has 3 heterocycles. The summed E-state index contributed by atoms with van der Waals surface area (Å²) in [7, 11) is 0. The van der Waals surface area contributed by atoms with Crippen LogP contribution < -0.4 is 15.5 Å². The molecular weight excluding hydrogens is 324 g/mol. The smallest absolute Gasteiger partial charge is 0.191 e. The van der Waals surface area contributed by atoms with Gasteiger partial charge >= 0.3 is 0 Å². The van der Waals surface area contributed by atoms with Crippen LogP contribution in [0.2, 0.25) is 0 Å². The van der Waals surface area contributed by atoms with E-state index in [2.05, 4.69) is 51.4 Å². The summed E-state index contributed by atoms with van der Waals surface area (Å²) in [5.74, 6) is 2.00. The monoisotopic (exact) mass is 358 g/mol. The number of likely N-dealkylation sites (tertiary alicyclic amines) is 1. The van der Waals surface area contributed by atoms with Crippen molar-refractivity contribution in [3.05, 3.63) is 23.9 Å². The van der Waals surface area contributed by atoms with Crippen LogP contribution >= 0.6 is 0 Å². The number of pyridine rings is 1. The molecule has 0 aliphatic carbocycles. The van der Waals surface area contributed by atoms with Gasteiger partial charge in [0.1, 0.15) is 5.82 Å². The lowest BCUT2D eigenvalue weighted by molar-refractivity contribution is 0.267. The zero-order valence-electron chi connectivity index (χ0n) is 16.4. The van der Waals surface area contributed by atoms with Crippen molar-refractivity contribution in [1.29, 1.82) is 0 Å². The van der Waals surface area contributed by atoms with Crippen LogP contribution in [0.15, 0.2) is 23.3 Å². The van der Waals surface area contributed by atoms with Crippen LogP contribution in [0.1, 0.15) is 45.1 Å². The topological polar surface area (TPSA) is 55.8 Å². The predicted molar refractivity (Wildman–Crippen MR) is 109 cm³/mol. The summed E-state index contributed by atoms with van der Waals surface area (Å²) in [6.07, 6.45) is 7.12. The number of nitrogens with one attached hydrogen (secondary N) is 2. The molecule has 2 aliphatic heterocycles. The van der Waals surface area contributed by atoms with Crippen molar-refractivity contribution in [2.45, 2.75) is 52.1 Å². The van der Waals surface area contributed by atoms with Gasteiger partial charge in [-0.25, -0.2) is 9.98 Å². The Morgan fingerprint density at radius 1 is 1.15 bits per heavy atom. The molecule has 2 aliphatic rings. The van der Waals surface area contributed by atoms with Crippen LogP contribution in [0.25, 0.3) is 0 Å². The number of rotatable bonds is 7. The zero-order valence-corrected chi connectivity index (χ0v) is 16.4. The van der Waals surface area contributed by atoms with Gasteiger partial charge in [-0.05, 0) is 57.3 Å². The quantitative estimate of drug-likeness (QED) is 0.578. The van der Waals surface area contributed by atoms with Crippen LogP contribution in [-0.2, 0) is 6.54 Å². The first-order valence-corrected chi connectivity index (χ1v) is 10.3. The molecule has 0 aromatic carbocycles. The molecule has 144 valence electrons. The minimum atomic E-state index is 0.630. The normalized spacial score (nSPS) is 21.4. The fraction of sp³-hybridized carbons (Fsp3) is 0.700. The van der Waals surface area contributed by atoms with Crippen LogP contribution in [0.3, 0.4) is 0 Å². The number of guanidine groups is 1. The SMILES string of the molecule is CCNC(=NCc1ccc(N2CCCC2)nc1)NCC1CCCN1CC. The van der Waals surface area contributed by atoms with Gasteiger partial charge in [0.05, 0.1) is 6.54 Å². The maximum absolute atomic E-state index is 4.75. The lowest BCUT2D eigenvalue weighted by atomic mass is 10.2. The summed E-state index contributed by atoms with van der Waals surface area (Å²) in [5, 5.41) is 6.88. The molecule has 0 spiro atoms. The number of likely N-dealkylation sites (N-methyl/N-ethyl adjacent to an activating group) is 1. The summed E-state index contributed by atoms with van der Waals surface area (Å²) in [5.41, 5.74) is 1.15. The number of anilines is 1. The second kappa shape index (κ2) is 9.76. The number of hydrogen-bond donors (Lipinski definition) is 2.